The van der Waals surface area contributed by atoms with E-state index in [0.717, 1.165) is 24.3 Å². The molecule has 8 rings (SSSR count). The summed E-state index contributed by atoms with van der Waals surface area (Å²) in [6.45, 7) is 1.05. The zero-order valence-corrected chi connectivity index (χ0v) is 21.7. The van der Waals surface area contributed by atoms with Gasteiger partial charge in [0.1, 0.15) is 0 Å². The fourth-order valence-electron chi connectivity index (χ4n) is 6.54. The van der Waals surface area contributed by atoms with Crippen molar-refractivity contribution in [2.75, 3.05) is 16.8 Å². The monoisotopic (exact) mass is 500 g/mol. The Labute approximate surface area is 228 Å². The van der Waals surface area contributed by atoms with E-state index in [9.17, 15) is 0 Å². The van der Waals surface area contributed by atoms with Crippen molar-refractivity contribution in [3.63, 3.8) is 0 Å². The molecule has 7 aromatic rings. The number of para-hydroxylation sites is 3. The first-order valence-electron chi connectivity index (χ1n) is 13.8. The van der Waals surface area contributed by atoms with Crippen LogP contribution < -0.4 is 10.2 Å². The van der Waals surface area contributed by atoms with Crippen LogP contribution in [-0.4, -0.2) is 6.54 Å². The zero-order valence-electron chi connectivity index (χ0n) is 21.7. The lowest BCUT2D eigenvalue weighted by Crippen LogP contribution is -2.24. The van der Waals surface area contributed by atoms with Crippen molar-refractivity contribution in [3.8, 4) is 11.1 Å². The third-order valence-corrected chi connectivity index (χ3v) is 8.31. The second-order valence-corrected chi connectivity index (χ2v) is 10.5. The lowest BCUT2D eigenvalue weighted by atomic mass is 9.88. The minimum Gasteiger partial charge on any atom is -0.355 e. The highest BCUT2D eigenvalue weighted by Crippen LogP contribution is 2.45. The van der Waals surface area contributed by atoms with Crippen LogP contribution in [-0.2, 0) is 6.42 Å². The summed E-state index contributed by atoms with van der Waals surface area (Å²) in [6.07, 6.45) is 2.33. The highest BCUT2D eigenvalue weighted by molar-refractivity contribution is 6.27. The summed E-state index contributed by atoms with van der Waals surface area (Å²) in [5.41, 5.74) is 8.77. The molecule has 0 atom stereocenters. The first-order valence-corrected chi connectivity index (χ1v) is 13.8. The van der Waals surface area contributed by atoms with Crippen molar-refractivity contribution >= 4 is 55.1 Å². The largest absolute Gasteiger partial charge is 0.355 e. The molecule has 1 aliphatic heterocycles. The molecule has 0 fully saturated rings. The van der Waals surface area contributed by atoms with Crippen LogP contribution in [0, 0.1) is 0 Å². The lowest BCUT2D eigenvalue weighted by Gasteiger charge is -2.32. The van der Waals surface area contributed by atoms with Gasteiger partial charge in [0.05, 0.1) is 0 Å². The summed E-state index contributed by atoms with van der Waals surface area (Å²) in [4.78, 5) is 2.53. The second-order valence-electron chi connectivity index (χ2n) is 10.5. The van der Waals surface area contributed by atoms with Crippen LogP contribution in [0.3, 0.4) is 0 Å². The molecule has 0 radical (unpaired) electrons. The van der Waals surface area contributed by atoms with Gasteiger partial charge in [-0.15, -0.1) is 0 Å². The van der Waals surface area contributed by atoms with Gasteiger partial charge in [0, 0.05) is 40.2 Å². The van der Waals surface area contributed by atoms with Crippen molar-refractivity contribution < 1.29 is 0 Å². The third kappa shape index (κ3) is 3.56. The first-order chi connectivity index (χ1) is 19.3. The Balaban J connectivity index is 1.35. The predicted molar refractivity (Wildman–Crippen MR) is 167 cm³/mol. The molecule has 1 heterocycles. The Bertz CT molecular complexity index is 1970. The van der Waals surface area contributed by atoms with Crippen LogP contribution in [0.2, 0.25) is 0 Å². The van der Waals surface area contributed by atoms with E-state index >= 15 is 0 Å². The van der Waals surface area contributed by atoms with Gasteiger partial charge in [0.2, 0.25) is 0 Å². The molecule has 0 aliphatic carbocycles. The van der Waals surface area contributed by atoms with Crippen molar-refractivity contribution in [1.29, 1.82) is 0 Å². The number of rotatable bonds is 4. The molecule has 1 N–H and O–H groups in total. The van der Waals surface area contributed by atoms with Gasteiger partial charge >= 0.3 is 0 Å². The van der Waals surface area contributed by atoms with E-state index in [0.29, 0.717) is 0 Å². The zero-order chi connectivity index (χ0) is 25.8. The summed E-state index contributed by atoms with van der Waals surface area (Å²) in [5, 5.41) is 11.6. The number of nitrogens with zero attached hydrogens (tertiary/aromatic N) is 1. The van der Waals surface area contributed by atoms with Gasteiger partial charge in [-0.05, 0) is 81.2 Å². The average molecular weight is 501 g/mol. The number of aryl methyl sites for hydroxylation is 1. The molecular weight excluding hydrogens is 472 g/mol. The van der Waals surface area contributed by atoms with Crippen LogP contribution in [0.1, 0.15) is 12.0 Å². The number of anilines is 4. The van der Waals surface area contributed by atoms with Crippen molar-refractivity contribution in [1.82, 2.24) is 0 Å². The molecule has 0 saturated carbocycles. The average Bonchev–Trinajstić information content (AvgIpc) is 3.00. The summed E-state index contributed by atoms with van der Waals surface area (Å²) in [7, 11) is 0. The molecule has 0 amide bonds. The molecule has 1 aliphatic rings. The summed E-state index contributed by atoms with van der Waals surface area (Å²) < 4.78 is 0. The van der Waals surface area contributed by atoms with E-state index in [1.807, 2.05) is 0 Å². The molecule has 2 heteroatoms. The van der Waals surface area contributed by atoms with Gasteiger partial charge in [0.25, 0.3) is 0 Å². The van der Waals surface area contributed by atoms with Gasteiger partial charge < -0.3 is 10.2 Å². The van der Waals surface area contributed by atoms with Crippen LogP contribution in [0.4, 0.5) is 22.7 Å². The number of nitrogens with one attached hydrogen (secondary N) is 1. The van der Waals surface area contributed by atoms with Gasteiger partial charge in [-0.3, -0.25) is 0 Å². The molecule has 39 heavy (non-hydrogen) atoms. The van der Waals surface area contributed by atoms with Gasteiger partial charge in [-0.25, -0.2) is 0 Å². The maximum absolute atomic E-state index is 3.65. The van der Waals surface area contributed by atoms with Crippen LogP contribution in [0.5, 0.6) is 0 Å². The van der Waals surface area contributed by atoms with E-state index in [1.54, 1.807) is 0 Å². The van der Waals surface area contributed by atoms with E-state index in [1.165, 1.54) is 66.8 Å². The minimum absolute atomic E-state index is 1.05. The van der Waals surface area contributed by atoms with E-state index in [-0.39, 0.29) is 0 Å². The van der Waals surface area contributed by atoms with Crippen LogP contribution in [0.25, 0.3) is 43.4 Å². The number of hydrogen-bond acceptors (Lipinski definition) is 2. The normalized spacial score (nSPS) is 13.3. The maximum Gasteiger partial charge on any atom is 0.0491 e. The minimum atomic E-state index is 1.05. The number of benzene rings is 7. The molecule has 2 nitrogen and oxygen atoms in total. The van der Waals surface area contributed by atoms with Gasteiger partial charge in [0.15, 0.2) is 0 Å². The SMILES string of the molecule is c1ccc(Nc2ccccc2-c2ccc3ccc4c(N5CCCc6ccccc65)ccc5ccc2c3c54)cc1. The topological polar surface area (TPSA) is 15.3 Å². The summed E-state index contributed by atoms with van der Waals surface area (Å²) in [5.74, 6) is 0. The fourth-order valence-corrected chi connectivity index (χ4v) is 6.54. The quantitative estimate of drug-likeness (QED) is 0.242. The number of hydrogen-bond donors (Lipinski definition) is 1. The smallest absolute Gasteiger partial charge is 0.0491 e. The van der Waals surface area contributed by atoms with Gasteiger partial charge in [-0.1, -0.05) is 97.1 Å². The highest BCUT2D eigenvalue weighted by atomic mass is 15.1. The molecule has 7 aromatic carbocycles. The maximum atomic E-state index is 3.65. The number of fused-ring (bicyclic) bond motifs is 1. The molecule has 0 saturated heterocycles. The molecule has 0 unspecified atom stereocenters. The van der Waals surface area contributed by atoms with Crippen molar-refractivity contribution in [2.45, 2.75) is 12.8 Å². The molecular formula is C37H28N2. The Morgan fingerprint density at radius 3 is 2.10 bits per heavy atom. The summed E-state index contributed by atoms with van der Waals surface area (Å²) >= 11 is 0. The molecule has 0 spiro atoms. The van der Waals surface area contributed by atoms with Crippen LogP contribution in [0.15, 0.2) is 127 Å². The van der Waals surface area contributed by atoms with Crippen LogP contribution >= 0.6 is 0 Å². The Kier molecular flexibility index (Phi) is 5.06. The second kappa shape index (κ2) is 8.89. The van der Waals surface area contributed by atoms with Gasteiger partial charge in [-0.2, -0.15) is 0 Å². The summed E-state index contributed by atoms with van der Waals surface area (Å²) in [6, 6.07) is 46.4. The van der Waals surface area contributed by atoms with E-state index in [4.69, 9.17) is 0 Å². The molecule has 186 valence electrons. The van der Waals surface area contributed by atoms with E-state index in [2.05, 4.69) is 138 Å². The molecule has 0 aromatic heterocycles. The predicted octanol–water partition coefficient (Wildman–Crippen LogP) is 10.1. The fraction of sp³-hybridized carbons (Fsp3) is 0.0811. The Morgan fingerprint density at radius 2 is 1.21 bits per heavy atom. The first kappa shape index (κ1) is 22.2. The standard InChI is InChI=1S/C37H28N2/c1-2-11-28(12-3-1)38-33-14-6-5-13-30(33)29-20-16-26-18-22-32-35(23-19-27-17-21-31(29)36(26)37(27)32)39-24-8-10-25-9-4-7-15-34(25)39/h1-7,9,11-23,38H,8,10,24H2. The Hall–Kier alpha value is -4.82. The Morgan fingerprint density at radius 1 is 0.513 bits per heavy atom. The van der Waals surface area contributed by atoms with Crippen molar-refractivity contribution in [3.05, 3.63) is 133 Å². The molecule has 0 bridgehead atoms. The highest BCUT2D eigenvalue weighted by Gasteiger charge is 2.22. The van der Waals surface area contributed by atoms with E-state index < -0.39 is 0 Å². The lowest BCUT2D eigenvalue weighted by molar-refractivity contribution is 0.768. The third-order valence-electron chi connectivity index (χ3n) is 8.31. The van der Waals surface area contributed by atoms with Crippen molar-refractivity contribution in [2.24, 2.45) is 0 Å².